The van der Waals surface area contributed by atoms with Crippen molar-refractivity contribution in [3.63, 3.8) is 0 Å². The SMILES string of the molecule is COc1ccc(CCC(=O)N2CCN(c3ccc(F)cc3Cl)CC2)c(OC)c1OC. The number of halogens is 2. The fourth-order valence-electron chi connectivity index (χ4n) is 3.69. The maximum Gasteiger partial charge on any atom is 0.223 e. The van der Waals surface area contributed by atoms with Crippen LogP contribution in [0, 0.1) is 5.82 Å². The van der Waals surface area contributed by atoms with Crippen LogP contribution < -0.4 is 19.1 Å². The Hall–Kier alpha value is -2.67. The smallest absolute Gasteiger partial charge is 0.223 e. The van der Waals surface area contributed by atoms with Crippen LogP contribution in [-0.2, 0) is 11.2 Å². The molecule has 0 aromatic heterocycles. The van der Waals surface area contributed by atoms with Gasteiger partial charge in [-0.2, -0.15) is 0 Å². The summed E-state index contributed by atoms with van der Waals surface area (Å²) >= 11 is 6.16. The molecule has 0 aliphatic carbocycles. The zero-order valence-electron chi connectivity index (χ0n) is 17.4. The third-order valence-electron chi connectivity index (χ3n) is 5.28. The molecule has 0 atom stereocenters. The Morgan fingerprint density at radius 3 is 2.30 bits per heavy atom. The normalized spacial score (nSPS) is 13.9. The molecule has 6 nitrogen and oxygen atoms in total. The second kappa shape index (κ2) is 9.89. The van der Waals surface area contributed by atoms with Gasteiger partial charge in [-0.1, -0.05) is 17.7 Å². The van der Waals surface area contributed by atoms with Gasteiger partial charge in [0, 0.05) is 32.6 Å². The van der Waals surface area contributed by atoms with E-state index in [1.54, 1.807) is 27.4 Å². The number of methoxy groups -OCH3 is 3. The van der Waals surface area contributed by atoms with Crippen LogP contribution in [0.3, 0.4) is 0 Å². The molecule has 2 aromatic rings. The van der Waals surface area contributed by atoms with Crippen LogP contribution in [-0.4, -0.2) is 58.3 Å². The summed E-state index contributed by atoms with van der Waals surface area (Å²) in [5.41, 5.74) is 1.68. The predicted octanol–water partition coefficient (Wildman–Crippen LogP) is 3.79. The summed E-state index contributed by atoms with van der Waals surface area (Å²) in [6.45, 7) is 2.48. The molecule has 3 rings (SSSR count). The lowest BCUT2D eigenvalue weighted by atomic mass is 10.1. The van der Waals surface area contributed by atoms with E-state index in [1.807, 2.05) is 17.0 Å². The molecule has 1 amide bonds. The highest BCUT2D eigenvalue weighted by atomic mass is 35.5. The van der Waals surface area contributed by atoms with E-state index in [0.29, 0.717) is 61.3 Å². The van der Waals surface area contributed by atoms with E-state index in [1.165, 1.54) is 12.1 Å². The molecular weight excluding hydrogens is 411 g/mol. The van der Waals surface area contributed by atoms with Crippen molar-refractivity contribution in [1.29, 1.82) is 0 Å². The van der Waals surface area contributed by atoms with Crippen LogP contribution in [0.1, 0.15) is 12.0 Å². The maximum atomic E-state index is 13.3. The molecule has 30 heavy (non-hydrogen) atoms. The number of aryl methyl sites for hydroxylation is 1. The van der Waals surface area contributed by atoms with Gasteiger partial charge in [-0.15, -0.1) is 0 Å². The molecule has 1 saturated heterocycles. The summed E-state index contributed by atoms with van der Waals surface area (Å²) in [6, 6.07) is 8.09. The van der Waals surface area contributed by atoms with Crippen LogP contribution in [0.4, 0.5) is 10.1 Å². The monoisotopic (exact) mass is 436 g/mol. The minimum Gasteiger partial charge on any atom is -0.493 e. The van der Waals surface area contributed by atoms with Crippen LogP contribution in [0.15, 0.2) is 30.3 Å². The molecule has 2 aromatic carbocycles. The molecule has 8 heteroatoms. The van der Waals surface area contributed by atoms with Gasteiger partial charge in [0.15, 0.2) is 11.5 Å². The molecule has 0 bridgehead atoms. The van der Waals surface area contributed by atoms with Crippen molar-refractivity contribution in [2.24, 2.45) is 0 Å². The van der Waals surface area contributed by atoms with Gasteiger partial charge >= 0.3 is 0 Å². The Bertz CT molecular complexity index is 901. The first-order valence-electron chi connectivity index (χ1n) is 9.74. The molecule has 0 N–H and O–H groups in total. The topological polar surface area (TPSA) is 51.2 Å². The lowest BCUT2D eigenvalue weighted by molar-refractivity contribution is -0.131. The molecule has 162 valence electrons. The van der Waals surface area contributed by atoms with E-state index in [2.05, 4.69) is 4.90 Å². The average Bonchev–Trinajstić information content (AvgIpc) is 2.76. The van der Waals surface area contributed by atoms with E-state index in [-0.39, 0.29) is 11.7 Å². The first-order valence-corrected chi connectivity index (χ1v) is 10.1. The van der Waals surface area contributed by atoms with Crippen molar-refractivity contribution in [2.45, 2.75) is 12.8 Å². The van der Waals surface area contributed by atoms with Gasteiger partial charge in [0.2, 0.25) is 11.7 Å². The third-order valence-corrected chi connectivity index (χ3v) is 5.58. The number of rotatable bonds is 7. The summed E-state index contributed by atoms with van der Waals surface area (Å²) in [4.78, 5) is 16.7. The molecule has 0 saturated carbocycles. The Kier molecular flexibility index (Phi) is 7.26. The number of hydrogen-bond donors (Lipinski definition) is 0. The van der Waals surface area contributed by atoms with Gasteiger partial charge in [0.05, 0.1) is 32.0 Å². The number of anilines is 1. The van der Waals surface area contributed by atoms with Gasteiger partial charge in [-0.05, 0) is 36.2 Å². The van der Waals surface area contributed by atoms with Crippen LogP contribution in [0.5, 0.6) is 17.2 Å². The molecule has 1 fully saturated rings. The van der Waals surface area contributed by atoms with Crippen molar-refractivity contribution in [2.75, 3.05) is 52.4 Å². The van der Waals surface area contributed by atoms with E-state index in [0.717, 1.165) is 11.3 Å². The maximum absolute atomic E-state index is 13.3. The molecular formula is C22H26ClFN2O4. The molecule has 0 unspecified atom stereocenters. The molecule has 1 aliphatic heterocycles. The Balaban J connectivity index is 1.59. The lowest BCUT2D eigenvalue weighted by Crippen LogP contribution is -2.49. The Morgan fingerprint density at radius 2 is 1.70 bits per heavy atom. The minimum absolute atomic E-state index is 0.0803. The van der Waals surface area contributed by atoms with Crippen molar-refractivity contribution in [1.82, 2.24) is 4.90 Å². The first kappa shape index (κ1) is 22.0. The summed E-state index contributed by atoms with van der Waals surface area (Å²) < 4.78 is 29.5. The van der Waals surface area contributed by atoms with E-state index in [4.69, 9.17) is 25.8 Å². The van der Waals surface area contributed by atoms with Gasteiger partial charge in [0.25, 0.3) is 0 Å². The summed E-state index contributed by atoms with van der Waals surface area (Å²) in [7, 11) is 4.70. The molecule has 1 heterocycles. The number of carbonyl (C=O) groups excluding carboxylic acids is 1. The highest BCUT2D eigenvalue weighted by Gasteiger charge is 2.23. The summed E-state index contributed by atoms with van der Waals surface area (Å²) in [5, 5.41) is 0.385. The van der Waals surface area contributed by atoms with Crippen molar-refractivity contribution >= 4 is 23.2 Å². The number of piperazine rings is 1. The number of ether oxygens (including phenoxy) is 3. The predicted molar refractivity (Wildman–Crippen MR) is 115 cm³/mol. The number of amides is 1. The number of hydrogen-bond acceptors (Lipinski definition) is 5. The highest BCUT2D eigenvalue weighted by Crippen LogP contribution is 2.40. The van der Waals surface area contributed by atoms with Crippen LogP contribution >= 0.6 is 11.6 Å². The van der Waals surface area contributed by atoms with Gasteiger partial charge in [-0.25, -0.2) is 4.39 Å². The quantitative estimate of drug-likeness (QED) is 0.661. The third kappa shape index (κ3) is 4.73. The highest BCUT2D eigenvalue weighted by molar-refractivity contribution is 6.33. The van der Waals surface area contributed by atoms with Crippen molar-refractivity contribution in [3.8, 4) is 17.2 Å². The second-order valence-electron chi connectivity index (χ2n) is 6.96. The first-order chi connectivity index (χ1) is 14.5. The lowest BCUT2D eigenvalue weighted by Gasteiger charge is -2.36. The fraction of sp³-hybridized carbons (Fsp3) is 0.409. The standard InChI is InChI=1S/C22H26ClFN2O4/c1-28-19-8-4-15(21(29-2)22(19)30-3)5-9-20(27)26-12-10-25(11-13-26)18-7-6-16(24)14-17(18)23/h4,6-8,14H,5,9-13H2,1-3H3. The van der Waals surface area contributed by atoms with Gasteiger partial charge in [0.1, 0.15) is 5.82 Å². The summed E-state index contributed by atoms with van der Waals surface area (Å²) in [5.74, 6) is 1.41. The Labute approximate surface area is 181 Å². The fourth-order valence-corrected chi connectivity index (χ4v) is 3.98. The van der Waals surface area contributed by atoms with E-state index >= 15 is 0 Å². The van der Waals surface area contributed by atoms with Crippen LogP contribution in [0.25, 0.3) is 0 Å². The van der Waals surface area contributed by atoms with Gasteiger partial charge < -0.3 is 24.0 Å². The van der Waals surface area contributed by atoms with Crippen molar-refractivity contribution in [3.05, 3.63) is 46.7 Å². The van der Waals surface area contributed by atoms with Gasteiger partial charge in [-0.3, -0.25) is 4.79 Å². The van der Waals surface area contributed by atoms with E-state index < -0.39 is 0 Å². The van der Waals surface area contributed by atoms with Crippen LogP contribution in [0.2, 0.25) is 5.02 Å². The van der Waals surface area contributed by atoms with E-state index in [9.17, 15) is 9.18 Å². The van der Waals surface area contributed by atoms with Crippen molar-refractivity contribution < 1.29 is 23.4 Å². The Morgan fingerprint density at radius 1 is 1.00 bits per heavy atom. The zero-order valence-corrected chi connectivity index (χ0v) is 18.2. The number of benzene rings is 2. The number of carbonyl (C=O) groups is 1. The molecule has 0 radical (unpaired) electrons. The number of nitrogens with zero attached hydrogens (tertiary/aromatic N) is 2. The second-order valence-corrected chi connectivity index (χ2v) is 7.36. The summed E-state index contributed by atoms with van der Waals surface area (Å²) in [6.07, 6.45) is 0.898. The molecule has 0 spiro atoms. The largest absolute Gasteiger partial charge is 0.493 e. The average molecular weight is 437 g/mol. The molecule has 1 aliphatic rings. The minimum atomic E-state index is -0.358. The zero-order chi connectivity index (χ0) is 21.7.